The molecule has 0 saturated carbocycles. The van der Waals surface area contributed by atoms with Gasteiger partial charge in [-0.2, -0.15) is 4.98 Å². The van der Waals surface area contributed by atoms with Gasteiger partial charge >= 0.3 is 0 Å². The zero-order valence-electron chi connectivity index (χ0n) is 12.3. The highest BCUT2D eigenvalue weighted by atomic mass is 16.5. The van der Waals surface area contributed by atoms with Gasteiger partial charge in [-0.15, -0.1) is 0 Å². The lowest BCUT2D eigenvalue weighted by Crippen LogP contribution is -2.33. The Hall–Kier alpha value is -1.69. The maximum Gasteiger partial charge on any atom is 0.248 e. The van der Waals surface area contributed by atoms with Crippen LogP contribution >= 0.6 is 0 Å². The normalized spacial score (nSPS) is 18.4. The molecule has 6 heteroatoms. The first-order chi connectivity index (χ1) is 9.58. The molecule has 0 spiro atoms. The van der Waals surface area contributed by atoms with Crippen LogP contribution in [0.15, 0.2) is 6.07 Å². The first-order valence-electron chi connectivity index (χ1n) is 6.93. The highest BCUT2D eigenvalue weighted by Crippen LogP contribution is 2.17. The molecule has 0 aliphatic carbocycles. The molecular weight excluding hydrogens is 258 g/mol. The molecule has 0 N–H and O–H groups in total. The summed E-state index contributed by atoms with van der Waals surface area (Å²) in [6, 6.07) is 1.82. The summed E-state index contributed by atoms with van der Waals surface area (Å²) in [6.07, 6.45) is 0.814. The molecule has 1 unspecified atom stereocenters. The molecule has 1 saturated heterocycles. The number of aryl methyl sites for hydroxylation is 2. The summed E-state index contributed by atoms with van der Waals surface area (Å²) in [5.74, 6) is 1.30. The van der Waals surface area contributed by atoms with Gasteiger partial charge in [0.15, 0.2) is 0 Å². The Kier molecular flexibility index (Phi) is 4.89. The van der Waals surface area contributed by atoms with E-state index in [0.717, 1.165) is 12.1 Å². The van der Waals surface area contributed by atoms with E-state index in [0.29, 0.717) is 31.4 Å². The average molecular weight is 279 g/mol. The highest BCUT2D eigenvalue weighted by Gasteiger charge is 2.27. The number of rotatable bonds is 5. The topological polar surface area (TPSA) is 64.5 Å². The van der Waals surface area contributed by atoms with Crippen molar-refractivity contribution in [1.29, 1.82) is 0 Å². The van der Waals surface area contributed by atoms with Crippen LogP contribution in [-0.2, 0) is 9.53 Å². The third-order valence-electron chi connectivity index (χ3n) is 3.16. The van der Waals surface area contributed by atoms with Gasteiger partial charge in [-0.1, -0.05) is 0 Å². The first-order valence-corrected chi connectivity index (χ1v) is 6.93. The molecule has 1 amide bonds. The zero-order valence-corrected chi connectivity index (χ0v) is 12.3. The van der Waals surface area contributed by atoms with E-state index in [1.165, 1.54) is 0 Å². The molecule has 0 bridgehead atoms. The molecule has 110 valence electrons. The second kappa shape index (κ2) is 6.65. The Labute approximate surface area is 119 Å². The summed E-state index contributed by atoms with van der Waals surface area (Å²) in [4.78, 5) is 22.1. The van der Waals surface area contributed by atoms with Gasteiger partial charge in [0.05, 0.1) is 6.54 Å². The molecule has 2 rings (SSSR count). The number of carbonyl (C=O) groups excluding carboxylic acids is 1. The standard InChI is InChI=1S/C14H21N3O3/c1-4-19-9-14(18)17-6-5-12(8-17)20-13-7-10(2)15-11(3)16-13/h7,12H,4-6,8-9H2,1-3H3. The lowest BCUT2D eigenvalue weighted by molar-refractivity contribution is -0.135. The van der Waals surface area contributed by atoms with Crippen LogP contribution in [0.1, 0.15) is 24.9 Å². The second-order valence-electron chi connectivity index (χ2n) is 4.90. The van der Waals surface area contributed by atoms with Crippen LogP contribution < -0.4 is 4.74 Å². The van der Waals surface area contributed by atoms with Crippen molar-refractivity contribution < 1.29 is 14.3 Å². The van der Waals surface area contributed by atoms with Gasteiger partial charge in [-0.05, 0) is 20.8 Å². The molecule has 1 atom stereocenters. The van der Waals surface area contributed by atoms with Gasteiger partial charge in [0.25, 0.3) is 0 Å². The van der Waals surface area contributed by atoms with Crippen LogP contribution in [0.25, 0.3) is 0 Å². The number of amides is 1. The lowest BCUT2D eigenvalue weighted by Gasteiger charge is -2.17. The maximum absolute atomic E-state index is 11.8. The Balaban J connectivity index is 1.88. The van der Waals surface area contributed by atoms with Crippen molar-refractivity contribution in [2.75, 3.05) is 26.3 Å². The monoisotopic (exact) mass is 279 g/mol. The van der Waals surface area contributed by atoms with E-state index in [2.05, 4.69) is 9.97 Å². The summed E-state index contributed by atoms with van der Waals surface area (Å²) < 4.78 is 11.0. The van der Waals surface area contributed by atoms with Crippen molar-refractivity contribution in [1.82, 2.24) is 14.9 Å². The number of hydrogen-bond donors (Lipinski definition) is 0. The summed E-state index contributed by atoms with van der Waals surface area (Å²) in [6.45, 7) is 7.63. The first kappa shape index (κ1) is 14.7. The smallest absolute Gasteiger partial charge is 0.248 e. The molecule has 0 aromatic carbocycles. The van der Waals surface area contributed by atoms with E-state index in [9.17, 15) is 4.79 Å². The molecule has 6 nitrogen and oxygen atoms in total. The van der Waals surface area contributed by atoms with Crippen molar-refractivity contribution in [3.8, 4) is 5.88 Å². The fourth-order valence-electron chi connectivity index (χ4n) is 2.25. The van der Waals surface area contributed by atoms with Gasteiger partial charge in [-0.3, -0.25) is 4.79 Å². The van der Waals surface area contributed by atoms with Crippen molar-refractivity contribution in [3.05, 3.63) is 17.6 Å². The van der Waals surface area contributed by atoms with Crippen LogP contribution in [0.5, 0.6) is 5.88 Å². The predicted octanol–water partition coefficient (Wildman–Crippen LogP) is 1.11. The molecular formula is C14H21N3O3. The molecule has 1 aliphatic rings. The minimum absolute atomic E-state index is 0.00530. The molecule has 1 aromatic heterocycles. The zero-order chi connectivity index (χ0) is 14.5. The molecule has 1 fully saturated rings. The number of nitrogens with zero attached hydrogens (tertiary/aromatic N) is 3. The van der Waals surface area contributed by atoms with Gasteiger partial charge in [-0.25, -0.2) is 4.98 Å². The SMILES string of the molecule is CCOCC(=O)N1CCC(Oc2cc(C)nc(C)n2)C1. The van der Waals surface area contributed by atoms with Crippen LogP contribution in [0.2, 0.25) is 0 Å². The van der Waals surface area contributed by atoms with Gasteiger partial charge in [0, 0.05) is 31.3 Å². The fourth-order valence-corrected chi connectivity index (χ4v) is 2.25. The minimum atomic E-state index is -0.00530. The number of hydrogen-bond acceptors (Lipinski definition) is 5. The van der Waals surface area contributed by atoms with Crippen molar-refractivity contribution >= 4 is 5.91 Å². The van der Waals surface area contributed by atoms with Crippen LogP contribution in [-0.4, -0.2) is 53.2 Å². The number of likely N-dealkylation sites (tertiary alicyclic amines) is 1. The van der Waals surface area contributed by atoms with E-state index in [1.54, 1.807) is 4.90 Å². The number of carbonyl (C=O) groups is 1. The van der Waals surface area contributed by atoms with Crippen LogP contribution in [0.4, 0.5) is 0 Å². The molecule has 2 heterocycles. The summed E-state index contributed by atoms with van der Waals surface area (Å²) in [7, 11) is 0. The van der Waals surface area contributed by atoms with Crippen molar-refractivity contribution in [3.63, 3.8) is 0 Å². The Morgan fingerprint density at radius 3 is 2.95 bits per heavy atom. The summed E-state index contributed by atoms with van der Waals surface area (Å²) in [5, 5.41) is 0. The Bertz CT molecular complexity index is 458. The van der Waals surface area contributed by atoms with Crippen molar-refractivity contribution in [2.45, 2.75) is 33.3 Å². The Morgan fingerprint density at radius 1 is 1.45 bits per heavy atom. The minimum Gasteiger partial charge on any atom is -0.472 e. The van der Waals surface area contributed by atoms with Gasteiger partial charge in [0.2, 0.25) is 11.8 Å². The van der Waals surface area contributed by atoms with E-state index >= 15 is 0 Å². The van der Waals surface area contributed by atoms with Gasteiger partial charge < -0.3 is 14.4 Å². The van der Waals surface area contributed by atoms with Crippen molar-refractivity contribution in [2.24, 2.45) is 0 Å². The van der Waals surface area contributed by atoms with Crippen LogP contribution in [0, 0.1) is 13.8 Å². The Morgan fingerprint density at radius 2 is 2.25 bits per heavy atom. The van der Waals surface area contributed by atoms with E-state index in [4.69, 9.17) is 9.47 Å². The summed E-state index contributed by atoms with van der Waals surface area (Å²) >= 11 is 0. The molecule has 0 radical (unpaired) electrons. The average Bonchev–Trinajstić information content (AvgIpc) is 2.83. The predicted molar refractivity (Wildman–Crippen MR) is 73.6 cm³/mol. The second-order valence-corrected chi connectivity index (χ2v) is 4.90. The van der Waals surface area contributed by atoms with E-state index in [-0.39, 0.29) is 18.6 Å². The quantitative estimate of drug-likeness (QED) is 0.808. The third kappa shape index (κ3) is 3.90. The maximum atomic E-state index is 11.8. The van der Waals surface area contributed by atoms with Gasteiger partial charge in [0.1, 0.15) is 18.5 Å². The van der Waals surface area contributed by atoms with E-state index in [1.807, 2.05) is 26.8 Å². The number of aromatic nitrogens is 2. The molecule has 20 heavy (non-hydrogen) atoms. The molecule has 1 aliphatic heterocycles. The third-order valence-corrected chi connectivity index (χ3v) is 3.16. The largest absolute Gasteiger partial charge is 0.472 e. The number of ether oxygens (including phenoxy) is 2. The van der Waals surface area contributed by atoms with E-state index < -0.39 is 0 Å². The molecule has 1 aromatic rings. The fraction of sp³-hybridized carbons (Fsp3) is 0.643. The lowest BCUT2D eigenvalue weighted by atomic mass is 10.3. The van der Waals surface area contributed by atoms with Crippen LogP contribution in [0.3, 0.4) is 0 Å². The highest BCUT2D eigenvalue weighted by molar-refractivity contribution is 5.77. The summed E-state index contributed by atoms with van der Waals surface area (Å²) in [5.41, 5.74) is 0.884.